The predicted molar refractivity (Wildman–Crippen MR) is 176 cm³/mol. The molecule has 0 saturated carbocycles. The summed E-state index contributed by atoms with van der Waals surface area (Å²) in [6.07, 6.45) is 2.46. The molecule has 3 aromatic carbocycles. The van der Waals surface area contributed by atoms with E-state index in [1.54, 1.807) is 30.0 Å². The van der Waals surface area contributed by atoms with E-state index in [9.17, 15) is 19.4 Å². The fourth-order valence-corrected chi connectivity index (χ4v) is 7.34. The summed E-state index contributed by atoms with van der Waals surface area (Å²) < 4.78 is 14.0. The molecule has 0 unspecified atom stereocenters. The van der Waals surface area contributed by atoms with Crippen LogP contribution in [0.1, 0.15) is 30.9 Å². The number of likely N-dealkylation sites (tertiary alicyclic amines) is 1. The van der Waals surface area contributed by atoms with Crippen molar-refractivity contribution in [1.29, 1.82) is 0 Å². The van der Waals surface area contributed by atoms with E-state index < -0.39 is 11.9 Å². The third-order valence-corrected chi connectivity index (χ3v) is 10.0. The van der Waals surface area contributed by atoms with Gasteiger partial charge in [0, 0.05) is 55.3 Å². The topological polar surface area (TPSA) is 93.3 Å². The van der Waals surface area contributed by atoms with E-state index in [4.69, 9.17) is 17.3 Å². The molecule has 10 heteroatoms. The van der Waals surface area contributed by atoms with E-state index in [0.29, 0.717) is 23.7 Å². The number of amides is 1. The standard InChI is InChI=1S/C34H42ClFN4O3S/c1-2-44-32-6-4-29(41)20-26(32)22-39-13-15-40(16-14-39)34(43)33(37)23-7-10-38(11-8-23)12-9-24-17-27(35)3-5-31(24)25-18-28(36)21-30(42)19-25/h3-6,17-21,23,33,41-42H,2,7-16,22,37H2,1H3/t33-/m1/s1. The molecule has 2 saturated heterocycles. The third kappa shape index (κ3) is 8.25. The van der Waals surface area contributed by atoms with Gasteiger partial charge in [0.05, 0.1) is 6.04 Å². The number of piperazine rings is 1. The highest BCUT2D eigenvalue weighted by atomic mass is 35.5. The molecule has 0 spiro atoms. The highest BCUT2D eigenvalue weighted by molar-refractivity contribution is 7.99. The molecule has 1 atom stereocenters. The average Bonchev–Trinajstić information content (AvgIpc) is 3.01. The van der Waals surface area contributed by atoms with Crippen LogP contribution < -0.4 is 5.73 Å². The first-order chi connectivity index (χ1) is 21.2. The van der Waals surface area contributed by atoms with Gasteiger partial charge >= 0.3 is 0 Å². The van der Waals surface area contributed by atoms with Gasteiger partial charge in [0.25, 0.3) is 0 Å². The maximum absolute atomic E-state index is 14.0. The van der Waals surface area contributed by atoms with Crippen LogP contribution in [-0.2, 0) is 17.8 Å². The van der Waals surface area contributed by atoms with Crippen molar-refractivity contribution in [3.63, 3.8) is 0 Å². The SMILES string of the molecule is CCSc1ccc(O)cc1CN1CCN(C(=O)[C@H](N)C2CCN(CCc3cc(Cl)ccc3-c3cc(O)cc(F)c3)CC2)CC1. The molecule has 1 amide bonds. The zero-order chi connectivity index (χ0) is 31.2. The lowest BCUT2D eigenvalue weighted by Crippen LogP contribution is -2.55. The van der Waals surface area contributed by atoms with E-state index in [0.717, 1.165) is 87.0 Å². The number of carbonyl (C=O) groups is 1. The smallest absolute Gasteiger partial charge is 0.239 e. The maximum Gasteiger partial charge on any atom is 0.239 e. The Morgan fingerprint density at radius 1 is 0.955 bits per heavy atom. The lowest BCUT2D eigenvalue weighted by atomic mass is 9.88. The normalized spacial score (nSPS) is 17.6. The van der Waals surface area contributed by atoms with Gasteiger partial charge in [-0.1, -0.05) is 24.6 Å². The lowest BCUT2D eigenvalue weighted by Gasteiger charge is -2.39. The number of hydrogen-bond acceptors (Lipinski definition) is 7. The van der Waals surface area contributed by atoms with Crippen LogP contribution in [0.25, 0.3) is 11.1 Å². The van der Waals surface area contributed by atoms with Crippen molar-refractivity contribution in [2.75, 3.05) is 51.6 Å². The zero-order valence-electron chi connectivity index (χ0n) is 25.2. The van der Waals surface area contributed by atoms with Gasteiger partial charge in [0.1, 0.15) is 17.3 Å². The number of benzene rings is 3. The van der Waals surface area contributed by atoms with Crippen molar-refractivity contribution in [2.24, 2.45) is 11.7 Å². The van der Waals surface area contributed by atoms with Crippen molar-refractivity contribution in [3.8, 4) is 22.6 Å². The molecule has 0 aromatic heterocycles. The first kappa shape index (κ1) is 32.6. The molecule has 44 heavy (non-hydrogen) atoms. The molecule has 0 radical (unpaired) electrons. The number of piperidine rings is 1. The van der Waals surface area contributed by atoms with Gasteiger partial charge < -0.3 is 25.7 Å². The Balaban J connectivity index is 1.09. The van der Waals surface area contributed by atoms with Crippen LogP contribution in [0.3, 0.4) is 0 Å². The Bertz CT molecular complexity index is 1420. The second kappa shape index (κ2) is 15.0. The predicted octanol–water partition coefficient (Wildman–Crippen LogP) is 5.60. The molecule has 3 aromatic rings. The van der Waals surface area contributed by atoms with Crippen LogP contribution in [0.4, 0.5) is 4.39 Å². The Labute approximate surface area is 268 Å². The molecular weight excluding hydrogens is 599 g/mol. The van der Waals surface area contributed by atoms with Crippen molar-refractivity contribution >= 4 is 29.3 Å². The van der Waals surface area contributed by atoms with Crippen LogP contribution in [0.5, 0.6) is 11.5 Å². The van der Waals surface area contributed by atoms with Crippen LogP contribution >= 0.6 is 23.4 Å². The molecular formula is C34H42ClFN4O3S. The van der Waals surface area contributed by atoms with Crippen LogP contribution in [0, 0.1) is 11.7 Å². The molecule has 5 rings (SSSR count). The molecule has 2 aliphatic rings. The number of phenolic OH excluding ortho intramolecular Hbond substituents is 2. The summed E-state index contributed by atoms with van der Waals surface area (Å²) in [5, 5.41) is 20.5. The Morgan fingerprint density at radius 2 is 1.70 bits per heavy atom. The number of halogens is 2. The third-order valence-electron chi connectivity index (χ3n) is 8.81. The summed E-state index contributed by atoms with van der Waals surface area (Å²) in [6, 6.07) is 14.7. The second-order valence-electron chi connectivity index (χ2n) is 11.8. The van der Waals surface area contributed by atoms with E-state index in [2.05, 4.69) is 16.7 Å². The monoisotopic (exact) mass is 640 g/mol. The molecule has 2 aliphatic heterocycles. The number of nitrogens with two attached hydrogens (primary N) is 1. The zero-order valence-corrected chi connectivity index (χ0v) is 26.8. The van der Waals surface area contributed by atoms with Gasteiger partial charge in [-0.25, -0.2) is 4.39 Å². The minimum Gasteiger partial charge on any atom is -0.508 e. The maximum atomic E-state index is 14.0. The molecule has 4 N–H and O–H groups in total. The van der Waals surface area contributed by atoms with E-state index in [1.807, 2.05) is 29.2 Å². The van der Waals surface area contributed by atoms with Crippen molar-refractivity contribution in [3.05, 3.63) is 76.6 Å². The van der Waals surface area contributed by atoms with Gasteiger partial charge in [-0.15, -0.1) is 11.8 Å². The number of rotatable bonds is 10. The fourth-order valence-electron chi connectivity index (χ4n) is 6.36. The number of phenols is 2. The van der Waals surface area contributed by atoms with E-state index in [-0.39, 0.29) is 23.3 Å². The summed E-state index contributed by atoms with van der Waals surface area (Å²) >= 11 is 8.08. The summed E-state index contributed by atoms with van der Waals surface area (Å²) in [6.45, 7) is 8.29. The van der Waals surface area contributed by atoms with Gasteiger partial charge in [-0.05, 0) is 109 Å². The van der Waals surface area contributed by atoms with Gasteiger partial charge in [0.15, 0.2) is 0 Å². The summed E-state index contributed by atoms with van der Waals surface area (Å²) in [5.74, 6) is 0.862. The first-order valence-corrected chi connectivity index (χ1v) is 16.8. The largest absolute Gasteiger partial charge is 0.508 e. The van der Waals surface area contributed by atoms with E-state index >= 15 is 0 Å². The van der Waals surface area contributed by atoms with Crippen molar-refractivity contribution in [1.82, 2.24) is 14.7 Å². The molecule has 236 valence electrons. The van der Waals surface area contributed by atoms with Crippen molar-refractivity contribution < 1.29 is 19.4 Å². The molecule has 0 bridgehead atoms. The molecule has 2 fully saturated rings. The minimum atomic E-state index is -0.498. The lowest BCUT2D eigenvalue weighted by molar-refractivity contribution is -0.136. The minimum absolute atomic E-state index is 0.0459. The number of aromatic hydroxyl groups is 2. The quantitative estimate of drug-likeness (QED) is 0.249. The van der Waals surface area contributed by atoms with Crippen LogP contribution in [-0.4, -0.2) is 88.4 Å². The molecule has 2 heterocycles. The second-order valence-corrected chi connectivity index (χ2v) is 13.5. The number of thioether (sulfide) groups is 1. The van der Waals surface area contributed by atoms with Gasteiger partial charge in [-0.2, -0.15) is 0 Å². The van der Waals surface area contributed by atoms with Crippen LogP contribution in [0.2, 0.25) is 5.02 Å². The average molecular weight is 641 g/mol. The molecule has 7 nitrogen and oxygen atoms in total. The van der Waals surface area contributed by atoms with Crippen molar-refractivity contribution in [2.45, 2.75) is 43.7 Å². The Kier molecular flexibility index (Phi) is 11.1. The number of nitrogens with zero attached hydrogens (tertiary/aromatic N) is 3. The van der Waals surface area contributed by atoms with Gasteiger partial charge in [0.2, 0.25) is 5.91 Å². The summed E-state index contributed by atoms with van der Waals surface area (Å²) in [5.41, 5.74) is 10.2. The summed E-state index contributed by atoms with van der Waals surface area (Å²) in [7, 11) is 0. The van der Waals surface area contributed by atoms with Crippen LogP contribution in [0.15, 0.2) is 59.5 Å². The number of hydrogen-bond donors (Lipinski definition) is 3. The Hall–Kier alpha value is -2.82. The summed E-state index contributed by atoms with van der Waals surface area (Å²) in [4.78, 5) is 21.2. The fraction of sp³-hybridized carbons (Fsp3) is 0.441. The number of carbonyl (C=O) groups excluding carboxylic acids is 1. The highest BCUT2D eigenvalue weighted by Crippen LogP contribution is 2.31. The highest BCUT2D eigenvalue weighted by Gasteiger charge is 2.33. The van der Waals surface area contributed by atoms with Gasteiger partial charge in [-0.3, -0.25) is 9.69 Å². The van der Waals surface area contributed by atoms with E-state index in [1.165, 1.54) is 11.0 Å². The Morgan fingerprint density at radius 3 is 2.41 bits per heavy atom. The first-order valence-electron chi connectivity index (χ1n) is 15.4. The molecule has 0 aliphatic carbocycles.